The molecule has 0 aliphatic heterocycles. The molecule has 0 spiro atoms. The van der Waals surface area contributed by atoms with Crippen LogP contribution in [0.25, 0.3) is 33.5 Å². The third-order valence-corrected chi connectivity index (χ3v) is 3.60. The first-order valence-electron chi connectivity index (χ1n) is 6.69. The Morgan fingerprint density at radius 2 is 2.05 bits per heavy atom. The van der Waals surface area contributed by atoms with Crippen LogP contribution in [0.4, 0.5) is 0 Å². The Bertz CT molecular complexity index is 905. The first-order chi connectivity index (χ1) is 10.3. The quantitative estimate of drug-likeness (QED) is 0.611. The normalized spacial score (nSPS) is 11.1. The molecule has 0 unspecified atom stereocenters. The van der Waals surface area contributed by atoms with Crippen molar-refractivity contribution in [1.82, 2.24) is 24.7 Å². The monoisotopic (exact) mass is 275 g/mol. The van der Waals surface area contributed by atoms with Gasteiger partial charge in [0, 0.05) is 18.8 Å². The van der Waals surface area contributed by atoms with Crippen LogP contribution in [0, 0.1) is 0 Å². The number of aromatic nitrogens is 5. The standard InChI is InChI=1S/C16H13N5/c1-21-10-18-13-6-5-11(8-15(13)21)12-9-19-20-16(12)14-4-2-3-7-17-14/h2-10H,1H3,(H,19,20). The van der Waals surface area contributed by atoms with Crippen molar-refractivity contribution in [2.75, 3.05) is 0 Å². The van der Waals surface area contributed by atoms with E-state index < -0.39 is 0 Å². The second-order valence-corrected chi connectivity index (χ2v) is 4.93. The smallest absolute Gasteiger partial charge is 0.0955 e. The highest BCUT2D eigenvalue weighted by molar-refractivity contribution is 5.86. The molecule has 21 heavy (non-hydrogen) atoms. The molecule has 1 N–H and O–H groups in total. The van der Waals surface area contributed by atoms with Crippen molar-refractivity contribution in [2.45, 2.75) is 0 Å². The average molecular weight is 275 g/mol. The Morgan fingerprint density at radius 3 is 2.90 bits per heavy atom. The lowest BCUT2D eigenvalue weighted by Crippen LogP contribution is -1.87. The van der Waals surface area contributed by atoms with Gasteiger partial charge >= 0.3 is 0 Å². The molecule has 0 aliphatic rings. The third kappa shape index (κ3) is 1.90. The summed E-state index contributed by atoms with van der Waals surface area (Å²) in [5, 5.41) is 7.22. The molecule has 0 radical (unpaired) electrons. The molecule has 0 fully saturated rings. The zero-order chi connectivity index (χ0) is 14.2. The van der Waals surface area contributed by atoms with Gasteiger partial charge in [-0.3, -0.25) is 10.1 Å². The van der Waals surface area contributed by atoms with Crippen molar-refractivity contribution in [3.63, 3.8) is 0 Å². The maximum Gasteiger partial charge on any atom is 0.0955 e. The van der Waals surface area contributed by atoms with E-state index in [1.54, 1.807) is 6.20 Å². The Hall–Kier alpha value is -2.95. The molecule has 3 aromatic heterocycles. The largest absolute Gasteiger partial charge is 0.334 e. The number of benzene rings is 1. The minimum Gasteiger partial charge on any atom is -0.334 e. The summed E-state index contributed by atoms with van der Waals surface area (Å²) in [7, 11) is 1.99. The summed E-state index contributed by atoms with van der Waals surface area (Å²) in [6.45, 7) is 0. The first kappa shape index (κ1) is 11.8. The van der Waals surface area contributed by atoms with Gasteiger partial charge in [0.2, 0.25) is 0 Å². The Balaban J connectivity index is 1.90. The van der Waals surface area contributed by atoms with Crippen LogP contribution in [0.3, 0.4) is 0 Å². The van der Waals surface area contributed by atoms with Crippen molar-refractivity contribution in [3.05, 3.63) is 55.1 Å². The Kier molecular flexibility index (Phi) is 2.57. The van der Waals surface area contributed by atoms with Crippen LogP contribution in [0.1, 0.15) is 0 Å². The lowest BCUT2D eigenvalue weighted by atomic mass is 10.0. The first-order valence-corrected chi connectivity index (χ1v) is 6.69. The Morgan fingerprint density at radius 1 is 1.10 bits per heavy atom. The minimum absolute atomic E-state index is 0.884. The number of hydrogen-bond donors (Lipinski definition) is 1. The summed E-state index contributed by atoms with van der Waals surface area (Å²) in [5.74, 6) is 0. The predicted octanol–water partition coefficient (Wildman–Crippen LogP) is 3.03. The fraction of sp³-hybridized carbons (Fsp3) is 0.0625. The van der Waals surface area contributed by atoms with Gasteiger partial charge in [0.15, 0.2) is 0 Å². The van der Waals surface area contributed by atoms with Crippen LogP contribution in [-0.4, -0.2) is 24.7 Å². The number of fused-ring (bicyclic) bond motifs is 1. The van der Waals surface area contributed by atoms with Crippen LogP contribution in [0.5, 0.6) is 0 Å². The number of nitrogens with one attached hydrogen (secondary N) is 1. The summed E-state index contributed by atoms with van der Waals surface area (Å²) >= 11 is 0. The van der Waals surface area contributed by atoms with Gasteiger partial charge in [0.1, 0.15) is 0 Å². The number of nitrogens with zero attached hydrogens (tertiary/aromatic N) is 4. The molecule has 0 bridgehead atoms. The van der Waals surface area contributed by atoms with E-state index in [0.717, 1.165) is 33.5 Å². The minimum atomic E-state index is 0.884. The van der Waals surface area contributed by atoms with Gasteiger partial charge in [-0.05, 0) is 29.8 Å². The van der Waals surface area contributed by atoms with E-state index in [9.17, 15) is 0 Å². The third-order valence-electron chi connectivity index (χ3n) is 3.60. The number of hydrogen-bond acceptors (Lipinski definition) is 3. The van der Waals surface area contributed by atoms with Crippen LogP contribution < -0.4 is 0 Å². The maximum absolute atomic E-state index is 4.39. The molecular weight excluding hydrogens is 262 g/mol. The highest BCUT2D eigenvalue weighted by Gasteiger charge is 2.12. The zero-order valence-electron chi connectivity index (χ0n) is 11.5. The predicted molar refractivity (Wildman–Crippen MR) is 81.5 cm³/mol. The van der Waals surface area contributed by atoms with Gasteiger partial charge in [-0.25, -0.2) is 4.98 Å². The molecule has 3 heterocycles. The molecule has 0 saturated carbocycles. The lowest BCUT2D eigenvalue weighted by molar-refractivity contribution is 0.948. The van der Waals surface area contributed by atoms with Gasteiger partial charge in [-0.15, -0.1) is 0 Å². The van der Waals surface area contributed by atoms with Gasteiger partial charge in [0.25, 0.3) is 0 Å². The molecule has 102 valence electrons. The van der Waals surface area contributed by atoms with E-state index in [4.69, 9.17) is 0 Å². The number of aromatic amines is 1. The van der Waals surface area contributed by atoms with Gasteiger partial charge in [-0.1, -0.05) is 12.1 Å². The summed E-state index contributed by atoms with van der Waals surface area (Å²) in [4.78, 5) is 8.74. The summed E-state index contributed by atoms with van der Waals surface area (Å²) in [5.41, 5.74) is 6.04. The van der Waals surface area contributed by atoms with Gasteiger partial charge in [0.05, 0.1) is 34.9 Å². The van der Waals surface area contributed by atoms with Crippen molar-refractivity contribution in [3.8, 4) is 22.5 Å². The van der Waals surface area contributed by atoms with Gasteiger partial charge < -0.3 is 4.57 Å². The SMILES string of the molecule is Cn1cnc2ccc(-c3cn[nH]c3-c3ccccn3)cc21. The van der Waals surface area contributed by atoms with Crippen LogP contribution in [-0.2, 0) is 7.05 Å². The van der Waals surface area contributed by atoms with E-state index in [1.807, 2.05) is 48.4 Å². The topological polar surface area (TPSA) is 59.4 Å². The number of imidazole rings is 1. The molecule has 0 saturated heterocycles. The molecule has 5 nitrogen and oxygen atoms in total. The Labute approximate surface area is 121 Å². The highest BCUT2D eigenvalue weighted by atomic mass is 15.1. The van der Waals surface area contributed by atoms with E-state index >= 15 is 0 Å². The number of rotatable bonds is 2. The summed E-state index contributed by atoms with van der Waals surface area (Å²) in [6.07, 6.45) is 5.44. The number of H-pyrrole nitrogens is 1. The number of pyridine rings is 1. The molecule has 4 rings (SSSR count). The fourth-order valence-corrected chi connectivity index (χ4v) is 2.50. The molecule has 4 aromatic rings. The maximum atomic E-state index is 4.39. The van der Waals surface area contributed by atoms with Crippen molar-refractivity contribution >= 4 is 11.0 Å². The van der Waals surface area contributed by atoms with Crippen LogP contribution in [0.15, 0.2) is 55.1 Å². The molecule has 0 amide bonds. The number of aryl methyl sites for hydroxylation is 1. The average Bonchev–Trinajstić information content (AvgIpc) is 3.15. The summed E-state index contributed by atoms with van der Waals surface area (Å²) < 4.78 is 2.01. The molecular formula is C16H13N5. The van der Waals surface area contributed by atoms with Crippen molar-refractivity contribution in [2.24, 2.45) is 7.05 Å². The highest BCUT2D eigenvalue weighted by Crippen LogP contribution is 2.30. The molecule has 0 aliphatic carbocycles. The molecule has 0 atom stereocenters. The molecule has 1 aromatic carbocycles. The van der Waals surface area contributed by atoms with Gasteiger partial charge in [-0.2, -0.15) is 5.10 Å². The molecule has 5 heteroatoms. The van der Waals surface area contributed by atoms with E-state index in [1.165, 1.54) is 0 Å². The second-order valence-electron chi connectivity index (χ2n) is 4.93. The lowest BCUT2D eigenvalue weighted by Gasteiger charge is -2.04. The van der Waals surface area contributed by atoms with Crippen LogP contribution in [0.2, 0.25) is 0 Å². The fourth-order valence-electron chi connectivity index (χ4n) is 2.50. The van der Waals surface area contributed by atoms with Crippen molar-refractivity contribution < 1.29 is 0 Å². The zero-order valence-corrected chi connectivity index (χ0v) is 11.5. The second kappa shape index (κ2) is 4.56. The van der Waals surface area contributed by atoms with Crippen LogP contribution >= 0.6 is 0 Å². The van der Waals surface area contributed by atoms with E-state index in [-0.39, 0.29) is 0 Å². The van der Waals surface area contributed by atoms with Crippen molar-refractivity contribution in [1.29, 1.82) is 0 Å². The van der Waals surface area contributed by atoms with E-state index in [0.29, 0.717) is 0 Å². The van der Waals surface area contributed by atoms with E-state index in [2.05, 4.69) is 32.3 Å². The summed E-state index contributed by atoms with van der Waals surface area (Å²) in [6, 6.07) is 12.1.